The molecule has 0 amide bonds. The zero-order valence-electron chi connectivity index (χ0n) is 13.9. The Hall–Kier alpha value is -2.89. The Labute approximate surface area is 140 Å². The van der Waals surface area contributed by atoms with Gasteiger partial charge in [-0.2, -0.15) is 5.10 Å². The number of aromatic hydroxyl groups is 1. The van der Waals surface area contributed by atoms with Crippen LogP contribution in [-0.4, -0.2) is 24.7 Å². The van der Waals surface area contributed by atoms with Crippen LogP contribution in [0.4, 0.5) is 0 Å². The molecule has 0 unspecified atom stereocenters. The lowest BCUT2D eigenvalue weighted by Gasteiger charge is -2.16. The molecule has 6 heteroatoms. The molecule has 1 aliphatic heterocycles. The highest BCUT2D eigenvalue weighted by Crippen LogP contribution is 2.36. The van der Waals surface area contributed by atoms with Gasteiger partial charge in [-0.3, -0.25) is 0 Å². The maximum Gasteiger partial charge on any atom is 0.231 e. The van der Waals surface area contributed by atoms with Gasteiger partial charge in [0.2, 0.25) is 6.79 Å². The van der Waals surface area contributed by atoms with E-state index in [9.17, 15) is 5.11 Å². The Bertz CT molecular complexity index is 800. The standard InChI is InChI=1S/C18H20N2O4/c1-10(2)12-7-13(14(21)8-16(12)22-3)18(20-19)11-4-5-15-17(6-11)24-9-23-15/h4-8,10,21H,9,19H2,1-3H3/b20-18-. The Balaban J connectivity index is 2.10. The van der Waals surface area contributed by atoms with E-state index >= 15 is 0 Å². The molecule has 0 saturated heterocycles. The summed E-state index contributed by atoms with van der Waals surface area (Å²) in [7, 11) is 1.58. The minimum atomic E-state index is 0.0538. The normalized spacial score (nSPS) is 13.4. The molecule has 2 aromatic carbocycles. The van der Waals surface area contributed by atoms with Crippen LogP contribution in [0.15, 0.2) is 35.4 Å². The fourth-order valence-electron chi connectivity index (χ4n) is 2.75. The van der Waals surface area contributed by atoms with E-state index in [4.69, 9.17) is 20.1 Å². The van der Waals surface area contributed by atoms with Gasteiger partial charge in [0.1, 0.15) is 17.2 Å². The van der Waals surface area contributed by atoms with Gasteiger partial charge < -0.3 is 25.2 Å². The summed E-state index contributed by atoms with van der Waals surface area (Å²) in [4.78, 5) is 0. The number of hydrazone groups is 1. The van der Waals surface area contributed by atoms with Crippen molar-refractivity contribution in [2.24, 2.45) is 10.9 Å². The van der Waals surface area contributed by atoms with Crippen molar-refractivity contribution in [2.75, 3.05) is 13.9 Å². The summed E-state index contributed by atoms with van der Waals surface area (Å²) < 4.78 is 16.1. The maximum atomic E-state index is 10.4. The number of fused-ring (bicyclic) bond motifs is 1. The van der Waals surface area contributed by atoms with Gasteiger partial charge in [-0.1, -0.05) is 13.8 Å². The smallest absolute Gasteiger partial charge is 0.231 e. The zero-order valence-corrected chi connectivity index (χ0v) is 13.9. The Morgan fingerprint density at radius 2 is 1.96 bits per heavy atom. The molecule has 1 heterocycles. The van der Waals surface area contributed by atoms with E-state index in [1.807, 2.05) is 12.1 Å². The number of hydrogen-bond acceptors (Lipinski definition) is 6. The molecule has 0 radical (unpaired) electrons. The van der Waals surface area contributed by atoms with Crippen LogP contribution in [0, 0.1) is 0 Å². The second-order valence-corrected chi connectivity index (χ2v) is 5.81. The van der Waals surface area contributed by atoms with Crippen LogP contribution in [0.1, 0.15) is 36.5 Å². The van der Waals surface area contributed by atoms with Crippen LogP contribution >= 0.6 is 0 Å². The molecule has 3 N–H and O–H groups in total. The van der Waals surface area contributed by atoms with Crippen LogP contribution in [0.5, 0.6) is 23.0 Å². The summed E-state index contributed by atoms with van der Waals surface area (Å²) >= 11 is 0. The molecule has 0 aromatic heterocycles. The van der Waals surface area contributed by atoms with Crippen molar-refractivity contribution < 1.29 is 19.3 Å². The summed E-state index contributed by atoms with van der Waals surface area (Å²) in [6.45, 7) is 4.30. The van der Waals surface area contributed by atoms with Gasteiger partial charge in [0.05, 0.1) is 7.11 Å². The third-order valence-electron chi connectivity index (χ3n) is 4.00. The second kappa shape index (κ2) is 6.31. The van der Waals surface area contributed by atoms with Gasteiger partial charge in [-0.05, 0) is 35.7 Å². The van der Waals surface area contributed by atoms with E-state index in [0.717, 1.165) is 11.1 Å². The molecule has 1 aliphatic rings. The first-order valence-electron chi connectivity index (χ1n) is 7.64. The van der Waals surface area contributed by atoms with Crippen LogP contribution in [0.2, 0.25) is 0 Å². The van der Waals surface area contributed by atoms with Gasteiger partial charge in [-0.15, -0.1) is 0 Å². The molecular formula is C18H20N2O4. The zero-order chi connectivity index (χ0) is 17.3. The first kappa shape index (κ1) is 16.0. The van der Waals surface area contributed by atoms with Crippen molar-refractivity contribution >= 4 is 5.71 Å². The van der Waals surface area contributed by atoms with Crippen LogP contribution in [0.25, 0.3) is 0 Å². The molecule has 0 bridgehead atoms. The number of methoxy groups -OCH3 is 1. The maximum absolute atomic E-state index is 10.4. The van der Waals surface area contributed by atoms with Gasteiger partial charge in [0.15, 0.2) is 11.5 Å². The van der Waals surface area contributed by atoms with Crippen molar-refractivity contribution in [2.45, 2.75) is 19.8 Å². The quantitative estimate of drug-likeness (QED) is 0.512. The average molecular weight is 328 g/mol. The van der Waals surface area contributed by atoms with Crippen LogP contribution in [-0.2, 0) is 0 Å². The van der Waals surface area contributed by atoms with Gasteiger partial charge in [-0.25, -0.2) is 0 Å². The molecule has 0 fully saturated rings. The van der Waals surface area contributed by atoms with Gasteiger partial charge in [0, 0.05) is 17.2 Å². The van der Waals surface area contributed by atoms with Crippen molar-refractivity contribution in [1.82, 2.24) is 0 Å². The minimum absolute atomic E-state index is 0.0538. The van der Waals surface area contributed by atoms with Crippen LogP contribution in [0.3, 0.4) is 0 Å². The predicted octanol–water partition coefficient (Wildman–Crippen LogP) is 2.96. The highest BCUT2D eigenvalue weighted by atomic mass is 16.7. The lowest BCUT2D eigenvalue weighted by atomic mass is 9.94. The number of benzene rings is 2. The number of nitrogens with zero attached hydrogens (tertiary/aromatic N) is 1. The SMILES string of the molecule is COc1cc(O)c(/C(=N\N)c2ccc3c(c2)OCO3)cc1C(C)C. The van der Waals surface area contributed by atoms with E-state index in [1.165, 1.54) is 0 Å². The van der Waals surface area contributed by atoms with E-state index in [2.05, 4.69) is 18.9 Å². The number of ether oxygens (including phenoxy) is 3. The van der Waals surface area contributed by atoms with E-state index in [1.54, 1.807) is 25.3 Å². The summed E-state index contributed by atoms with van der Waals surface area (Å²) in [5, 5.41) is 14.3. The summed E-state index contributed by atoms with van der Waals surface area (Å²) in [6, 6.07) is 8.87. The van der Waals surface area contributed by atoms with Crippen molar-refractivity contribution in [3.63, 3.8) is 0 Å². The topological polar surface area (TPSA) is 86.3 Å². The molecule has 3 rings (SSSR count). The van der Waals surface area contributed by atoms with Crippen molar-refractivity contribution in [3.05, 3.63) is 47.0 Å². The largest absolute Gasteiger partial charge is 0.507 e. The minimum Gasteiger partial charge on any atom is -0.507 e. The van der Waals surface area contributed by atoms with Crippen molar-refractivity contribution in [3.8, 4) is 23.0 Å². The molecule has 0 aliphatic carbocycles. The fourth-order valence-corrected chi connectivity index (χ4v) is 2.75. The lowest BCUT2D eigenvalue weighted by Crippen LogP contribution is -2.08. The lowest BCUT2D eigenvalue weighted by molar-refractivity contribution is 0.174. The molecule has 0 spiro atoms. The van der Waals surface area contributed by atoms with Gasteiger partial charge in [0.25, 0.3) is 0 Å². The summed E-state index contributed by atoms with van der Waals surface area (Å²) in [6.07, 6.45) is 0. The number of phenolic OH excluding ortho intramolecular Hbond substituents is 1. The van der Waals surface area contributed by atoms with E-state index in [0.29, 0.717) is 28.5 Å². The Kier molecular flexibility index (Phi) is 4.20. The number of nitrogens with two attached hydrogens (primary N) is 1. The third kappa shape index (κ3) is 2.71. The first-order valence-corrected chi connectivity index (χ1v) is 7.64. The average Bonchev–Trinajstić information content (AvgIpc) is 3.04. The Morgan fingerprint density at radius 3 is 2.62 bits per heavy atom. The van der Waals surface area contributed by atoms with Gasteiger partial charge >= 0.3 is 0 Å². The van der Waals surface area contributed by atoms with E-state index in [-0.39, 0.29) is 18.5 Å². The number of hydrogen-bond donors (Lipinski definition) is 2. The molecular weight excluding hydrogens is 308 g/mol. The van der Waals surface area contributed by atoms with Crippen molar-refractivity contribution in [1.29, 1.82) is 0 Å². The van der Waals surface area contributed by atoms with Crippen LogP contribution < -0.4 is 20.1 Å². The van der Waals surface area contributed by atoms with E-state index < -0.39 is 0 Å². The first-order chi connectivity index (χ1) is 11.5. The summed E-state index contributed by atoms with van der Waals surface area (Å²) in [5.74, 6) is 7.83. The molecule has 0 atom stereocenters. The second-order valence-electron chi connectivity index (χ2n) is 5.81. The highest BCUT2D eigenvalue weighted by Gasteiger charge is 2.20. The highest BCUT2D eigenvalue weighted by molar-refractivity contribution is 6.14. The molecule has 6 nitrogen and oxygen atoms in total. The number of phenols is 1. The molecule has 126 valence electrons. The fraction of sp³-hybridized carbons (Fsp3) is 0.278. The third-order valence-corrected chi connectivity index (χ3v) is 4.00. The monoisotopic (exact) mass is 328 g/mol. The predicted molar refractivity (Wildman–Crippen MR) is 91.1 cm³/mol. The molecule has 2 aromatic rings. The Morgan fingerprint density at radius 1 is 1.21 bits per heavy atom. The molecule has 0 saturated carbocycles. The molecule has 24 heavy (non-hydrogen) atoms. The summed E-state index contributed by atoms with van der Waals surface area (Å²) in [5.41, 5.74) is 2.71. The number of rotatable bonds is 4.